The number of carbonyl (C=O) groups is 2. The number of aryl methyl sites for hydroxylation is 4. The van der Waals surface area contributed by atoms with Gasteiger partial charge in [-0.2, -0.15) is 4.98 Å². The Morgan fingerprint density at radius 1 is 1.14 bits per heavy atom. The number of hydrogen-bond donors (Lipinski definition) is 2. The second kappa shape index (κ2) is 8.79. The lowest BCUT2D eigenvalue weighted by molar-refractivity contribution is -0.124. The maximum absolute atomic E-state index is 12.1. The number of carbonyl (C=O) groups excluding carboxylic acids is 2. The number of anilines is 1. The zero-order valence-electron chi connectivity index (χ0n) is 16.0. The number of hydrogen-bond acceptors (Lipinski definition) is 6. The molecule has 0 bridgehead atoms. The monoisotopic (exact) mass is 398 g/mol. The van der Waals surface area contributed by atoms with Crippen LogP contribution in [0.2, 0.25) is 0 Å². The summed E-state index contributed by atoms with van der Waals surface area (Å²) in [6, 6.07) is 7.84. The Kier molecular flexibility index (Phi) is 6.20. The van der Waals surface area contributed by atoms with Crippen molar-refractivity contribution in [3.8, 4) is 10.7 Å². The van der Waals surface area contributed by atoms with E-state index >= 15 is 0 Å². The molecule has 7 nitrogen and oxygen atoms in total. The molecule has 1 aromatic carbocycles. The highest BCUT2D eigenvalue weighted by Crippen LogP contribution is 2.22. The van der Waals surface area contributed by atoms with E-state index in [1.807, 2.05) is 50.4 Å². The van der Waals surface area contributed by atoms with Crippen molar-refractivity contribution in [3.05, 3.63) is 52.2 Å². The fourth-order valence-electron chi connectivity index (χ4n) is 2.91. The minimum atomic E-state index is -0.263. The molecular formula is C20H22N4O3S. The molecular weight excluding hydrogens is 376 g/mol. The van der Waals surface area contributed by atoms with E-state index in [-0.39, 0.29) is 24.8 Å². The highest BCUT2D eigenvalue weighted by molar-refractivity contribution is 7.13. The Labute approximate surface area is 167 Å². The number of amides is 2. The molecule has 0 unspecified atom stereocenters. The number of rotatable bonds is 7. The van der Waals surface area contributed by atoms with Crippen LogP contribution >= 0.6 is 11.3 Å². The first-order valence-electron chi connectivity index (χ1n) is 8.93. The summed E-state index contributed by atoms with van der Waals surface area (Å²) in [4.78, 5) is 29.3. The lowest BCUT2D eigenvalue weighted by Crippen LogP contribution is -2.33. The van der Waals surface area contributed by atoms with Crippen molar-refractivity contribution in [2.45, 2.75) is 33.6 Å². The Morgan fingerprint density at radius 3 is 2.57 bits per heavy atom. The predicted octanol–water partition coefficient (Wildman–Crippen LogP) is 3.41. The molecule has 2 N–H and O–H groups in total. The Hall–Kier alpha value is -3.00. The van der Waals surface area contributed by atoms with Crippen molar-refractivity contribution in [2.24, 2.45) is 0 Å². The van der Waals surface area contributed by atoms with Crippen LogP contribution in [0, 0.1) is 20.8 Å². The molecule has 0 saturated heterocycles. The minimum Gasteiger partial charge on any atom is -0.347 e. The van der Waals surface area contributed by atoms with Crippen LogP contribution in [0.4, 0.5) is 5.69 Å². The summed E-state index contributed by atoms with van der Waals surface area (Å²) < 4.78 is 5.17. The number of nitrogens with one attached hydrogen (secondary N) is 2. The normalized spacial score (nSPS) is 10.7. The van der Waals surface area contributed by atoms with Gasteiger partial charge in [-0.3, -0.25) is 9.59 Å². The van der Waals surface area contributed by atoms with Gasteiger partial charge in [0, 0.05) is 18.5 Å². The first kappa shape index (κ1) is 19.8. The average Bonchev–Trinajstić information content (AvgIpc) is 3.32. The van der Waals surface area contributed by atoms with Gasteiger partial charge in [0.2, 0.25) is 23.5 Å². The van der Waals surface area contributed by atoms with E-state index < -0.39 is 0 Å². The molecule has 146 valence electrons. The van der Waals surface area contributed by atoms with Crippen molar-refractivity contribution in [1.82, 2.24) is 15.5 Å². The smallest absolute Gasteiger partial charge is 0.243 e. The third-order valence-corrected chi connectivity index (χ3v) is 5.03. The topological polar surface area (TPSA) is 97.1 Å². The molecule has 0 aliphatic rings. The average molecular weight is 398 g/mol. The second-order valence-corrected chi connectivity index (χ2v) is 7.54. The third-order valence-electron chi connectivity index (χ3n) is 4.16. The van der Waals surface area contributed by atoms with Crippen molar-refractivity contribution in [1.29, 1.82) is 0 Å². The highest BCUT2D eigenvalue weighted by atomic mass is 32.1. The molecule has 0 spiro atoms. The van der Waals surface area contributed by atoms with Gasteiger partial charge < -0.3 is 15.2 Å². The van der Waals surface area contributed by atoms with Crippen LogP contribution in [0.3, 0.4) is 0 Å². The summed E-state index contributed by atoms with van der Waals surface area (Å²) >= 11 is 1.52. The standard InChI is InChI=1S/C20H22N4O3S/c1-12-9-13(2)19(14(3)10-12)22-17(26)11-21-16(25)6-7-18-23-20(24-27-18)15-5-4-8-28-15/h4-5,8-10H,6-7,11H2,1-3H3,(H,21,25)(H,22,26). The van der Waals surface area contributed by atoms with Crippen LogP contribution in [-0.4, -0.2) is 28.5 Å². The van der Waals surface area contributed by atoms with Crippen molar-refractivity contribution < 1.29 is 14.1 Å². The van der Waals surface area contributed by atoms with Crippen molar-refractivity contribution in [2.75, 3.05) is 11.9 Å². The largest absolute Gasteiger partial charge is 0.347 e. The Bertz CT molecular complexity index is 956. The van der Waals surface area contributed by atoms with E-state index in [2.05, 4.69) is 20.8 Å². The van der Waals surface area contributed by atoms with Gasteiger partial charge in [0.1, 0.15) is 0 Å². The molecule has 0 radical (unpaired) electrons. The first-order valence-corrected chi connectivity index (χ1v) is 9.81. The summed E-state index contributed by atoms with van der Waals surface area (Å²) in [6.07, 6.45) is 0.490. The fraction of sp³-hybridized carbons (Fsp3) is 0.300. The zero-order valence-corrected chi connectivity index (χ0v) is 16.9. The highest BCUT2D eigenvalue weighted by Gasteiger charge is 2.13. The van der Waals surface area contributed by atoms with Gasteiger partial charge in [-0.1, -0.05) is 28.9 Å². The minimum absolute atomic E-state index is 0.0874. The van der Waals surface area contributed by atoms with Crippen LogP contribution in [0.15, 0.2) is 34.2 Å². The van der Waals surface area contributed by atoms with Gasteiger partial charge in [-0.15, -0.1) is 11.3 Å². The Morgan fingerprint density at radius 2 is 1.89 bits per heavy atom. The lowest BCUT2D eigenvalue weighted by Gasteiger charge is -2.13. The van der Waals surface area contributed by atoms with E-state index in [0.717, 1.165) is 27.3 Å². The van der Waals surface area contributed by atoms with Gasteiger partial charge in [0.05, 0.1) is 11.4 Å². The molecule has 2 aromatic heterocycles. The summed E-state index contributed by atoms with van der Waals surface area (Å²) in [5.74, 6) is 0.409. The summed E-state index contributed by atoms with van der Waals surface area (Å²) in [5, 5.41) is 11.3. The molecule has 0 aliphatic carbocycles. The second-order valence-electron chi connectivity index (χ2n) is 6.59. The van der Waals surface area contributed by atoms with E-state index in [0.29, 0.717) is 18.1 Å². The summed E-state index contributed by atoms with van der Waals surface area (Å²) in [7, 11) is 0. The summed E-state index contributed by atoms with van der Waals surface area (Å²) in [6.45, 7) is 5.82. The van der Waals surface area contributed by atoms with Crippen molar-refractivity contribution in [3.63, 3.8) is 0 Å². The van der Waals surface area contributed by atoms with Gasteiger partial charge in [-0.05, 0) is 43.3 Å². The first-order chi connectivity index (χ1) is 13.4. The van der Waals surface area contributed by atoms with Crippen LogP contribution in [-0.2, 0) is 16.0 Å². The van der Waals surface area contributed by atoms with Crippen LogP contribution in [0.25, 0.3) is 10.7 Å². The number of nitrogens with zero attached hydrogens (tertiary/aromatic N) is 2. The molecule has 0 aliphatic heterocycles. The predicted molar refractivity (Wildman–Crippen MR) is 108 cm³/mol. The van der Waals surface area contributed by atoms with Gasteiger partial charge in [-0.25, -0.2) is 0 Å². The molecule has 2 heterocycles. The number of thiophene rings is 1. The zero-order chi connectivity index (χ0) is 20.1. The fourth-order valence-corrected chi connectivity index (χ4v) is 3.56. The molecule has 3 rings (SSSR count). The molecule has 0 atom stereocenters. The summed E-state index contributed by atoms with van der Waals surface area (Å²) in [5.41, 5.74) is 3.92. The molecule has 0 saturated carbocycles. The van der Waals surface area contributed by atoms with Crippen LogP contribution in [0.1, 0.15) is 29.0 Å². The van der Waals surface area contributed by atoms with Crippen molar-refractivity contribution >= 4 is 28.8 Å². The molecule has 0 fully saturated rings. The lowest BCUT2D eigenvalue weighted by atomic mass is 10.1. The maximum atomic E-state index is 12.1. The maximum Gasteiger partial charge on any atom is 0.243 e. The van der Waals surface area contributed by atoms with Gasteiger partial charge in [0.25, 0.3) is 0 Å². The van der Waals surface area contributed by atoms with Crippen LogP contribution < -0.4 is 10.6 Å². The molecule has 8 heteroatoms. The van der Waals surface area contributed by atoms with Gasteiger partial charge >= 0.3 is 0 Å². The third kappa shape index (κ3) is 5.04. The molecule has 3 aromatic rings. The molecule has 28 heavy (non-hydrogen) atoms. The van der Waals surface area contributed by atoms with Gasteiger partial charge in [0.15, 0.2) is 0 Å². The SMILES string of the molecule is Cc1cc(C)c(NC(=O)CNC(=O)CCc2nc(-c3cccs3)no2)c(C)c1. The number of benzene rings is 1. The number of aromatic nitrogens is 2. The van der Waals surface area contributed by atoms with E-state index in [4.69, 9.17) is 4.52 Å². The Balaban J connectivity index is 1.45. The van der Waals surface area contributed by atoms with Crippen LogP contribution in [0.5, 0.6) is 0 Å². The quantitative estimate of drug-likeness (QED) is 0.636. The van der Waals surface area contributed by atoms with E-state index in [9.17, 15) is 9.59 Å². The molecule has 2 amide bonds. The van der Waals surface area contributed by atoms with E-state index in [1.165, 1.54) is 11.3 Å². The van der Waals surface area contributed by atoms with E-state index in [1.54, 1.807) is 0 Å².